The number of thiophene rings is 1. The minimum atomic E-state index is 0.602. The molecule has 1 aliphatic carbocycles. The topological polar surface area (TPSA) is 12.0 Å². The fourth-order valence-electron chi connectivity index (χ4n) is 2.30. The molecule has 1 heterocycles. The first-order valence-electron chi connectivity index (χ1n) is 6.92. The highest BCUT2D eigenvalue weighted by Crippen LogP contribution is 2.48. The van der Waals surface area contributed by atoms with E-state index in [2.05, 4.69) is 38.2 Å². The van der Waals surface area contributed by atoms with Crippen LogP contribution >= 0.6 is 11.3 Å². The smallest absolute Gasteiger partial charge is 0.00541 e. The fraction of sp³-hybridized carbons (Fsp3) is 0.733. The first-order chi connectivity index (χ1) is 8.13. The molecule has 0 radical (unpaired) electrons. The summed E-state index contributed by atoms with van der Waals surface area (Å²) in [6.07, 6.45) is 5.31. The Hall–Kier alpha value is -0.340. The van der Waals surface area contributed by atoms with Crippen molar-refractivity contribution in [1.82, 2.24) is 5.32 Å². The van der Waals surface area contributed by atoms with Gasteiger partial charge in [-0.3, -0.25) is 0 Å². The molecule has 96 valence electrons. The molecule has 0 bridgehead atoms. The highest BCUT2D eigenvalue weighted by molar-refractivity contribution is 7.11. The summed E-state index contributed by atoms with van der Waals surface area (Å²) in [5, 5.41) is 3.63. The zero-order valence-electron chi connectivity index (χ0n) is 11.4. The maximum Gasteiger partial charge on any atom is 0.00541 e. The second kappa shape index (κ2) is 5.53. The van der Waals surface area contributed by atoms with Gasteiger partial charge in [0.05, 0.1) is 0 Å². The summed E-state index contributed by atoms with van der Waals surface area (Å²) < 4.78 is 0. The van der Waals surface area contributed by atoms with Crippen LogP contribution in [0.4, 0.5) is 0 Å². The molecule has 1 nitrogen and oxygen atoms in total. The number of nitrogens with one attached hydrogen (secondary N) is 1. The van der Waals surface area contributed by atoms with Gasteiger partial charge in [-0.2, -0.15) is 0 Å². The third-order valence-electron chi connectivity index (χ3n) is 3.62. The van der Waals surface area contributed by atoms with Crippen molar-refractivity contribution in [3.63, 3.8) is 0 Å². The van der Waals surface area contributed by atoms with Crippen LogP contribution in [0, 0.1) is 11.3 Å². The number of hydrogen-bond acceptors (Lipinski definition) is 2. The van der Waals surface area contributed by atoms with Crippen molar-refractivity contribution in [3.05, 3.63) is 21.9 Å². The Morgan fingerprint density at radius 2 is 2.00 bits per heavy atom. The summed E-state index contributed by atoms with van der Waals surface area (Å²) in [5.74, 6) is 0.763. The summed E-state index contributed by atoms with van der Waals surface area (Å²) >= 11 is 2.01. The van der Waals surface area contributed by atoms with E-state index in [0.717, 1.165) is 12.5 Å². The van der Waals surface area contributed by atoms with Gasteiger partial charge in [-0.05, 0) is 55.7 Å². The second-order valence-corrected chi connectivity index (χ2v) is 7.18. The molecule has 1 fully saturated rings. The molecule has 0 amide bonds. The molecule has 1 saturated carbocycles. The van der Waals surface area contributed by atoms with Crippen LogP contribution in [0.25, 0.3) is 0 Å². The van der Waals surface area contributed by atoms with Crippen LogP contribution in [0.15, 0.2) is 12.1 Å². The third-order valence-corrected chi connectivity index (χ3v) is 4.85. The molecule has 1 N–H and O–H groups in total. The van der Waals surface area contributed by atoms with E-state index in [0.29, 0.717) is 5.41 Å². The molecule has 0 aliphatic heterocycles. The van der Waals surface area contributed by atoms with Gasteiger partial charge in [0.2, 0.25) is 0 Å². The standard InChI is InChI=1S/C15H25NS/c1-4-13-5-6-14(17-13)9-15(7-8-15)11-16-10-12(2)3/h5-6,12,16H,4,7-11H2,1-3H3. The van der Waals surface area contributed by atoms with Crippen LogP contribution in [0.1, 0.15) is 43.4 Å². The number of rotatable bonds is 7. The Morgan fingerprint density at radius 1 is 1.29 bits per heavy atom. The van der Waals surface area contributed by atoms with E-state index in [9.17, 15) is 0 Å². The van der Waals surface area contributed by atoms with E-state index >= 15 is 0 Å². The van der Waals surface area contributed by atoms with Crippen molar-refractivity contribution in [1.29, 1.82) is 0 Å². The minimum Gasteiger partial charge on any atom is -0.316 e. The summed E-state index contributed by atoms with van der Waals surface area (Å²) in [6, 6.07) is 4.64. The van der Waals surface area contributed by atoms with Crippen LogP contribution in [0.5, 0.6) is 0 Å². The zero-order valence-corrected chi connectivity index (χ0v) is 12.2. The van der Waals surface area contributed by atoms with Crippen molar-refractivity contribution in [3.8, 4) is 0 Å². The maximum absolute atomic E-state index is 3.63. The number of aryl methyl sites for hydroxylation is 1. The Morgan fingerprint density at radius 3 is 2.53 bits per heavy atom. The van der Waals surface area contributed by atoms with Gasteiger partial charge in [0.15, 0.2) is 0 Å². The predicted molar refractivity (Wildman–Crippen MR) is 76.8 cm³/mol. The largest absolute Gasteiger partial charge is 0.316 e. The average Bonchev–Trinajstić information content (AvgIpc) is 2.88. The molecule has 1 aromatic rings. The second-order valence-electron chi connectivity index (χ2n) is 5.92. The summed E-state index contributed by atoms with van der Waals surface area (Å²) in [6.45, 7) is 9.17. The van der Waals surface area contributed by atoms with Gasteiger partial charge in [-0.15, -0.1) is 11.3 Å². The quantitative estimate of drug-likeness (QED) is 0.775. The molecule has 2 heteroatoms. The lowest BCUT2D eigenvalue weighted by atomic mass is 10.0. The summed E-state index contributed by atoms with van der Waals surface area (Å²) in [5.41, 5.74) is 0.602. The monoisotopic (exact) mass is 251 g/mol. The highest BCUT2D eigenvalue weighted by Gasteiger charge is 2.42. The van der Waals surface area contributed by atoms with Crippen molar-refractivity contribution < 1.29 is 0 Å². The molecule has 0 saturated heterocycles. The zero-order chi connectivity index (χ0) is 12.3. The summed E-state index contributed by atoms with van der Waals surface area (Å²) in [4.78, 5) is 3.12. The van der Waals surface area contributed by atoms with Crippen molar-refractivity contribution in [2.45, 2.75) is 46.5 Å². The molecule has 0 spiro atoms. The number of hydrogen-bond donors (Lipinski definition) is 1. The predicted octanol–water partition coefficient (Wildman–Crippen LogP) is 3.88. The third kappa shape index (κ3) is 3.82. The normalized spacial score (nSPS) is 17.6. The Bertz CT molecular complexity index is 350. The lowest BCUT2D eigenvalue weighted by molar-refractivity contribution is 0.434. The van der Waals surface area contributed by atoms with Crippen molar-refractivity contribution >= 4 is 11.3 Å². The van der Waals surface area contributed by atoms with Gasteiger partial charge < -0.3 is 5.32 Å². The molecule has 1 aromatic heterocycles. The summed E-state index contributed by atoms with van der Waals surface area (Å²) in [7, 11) is 0. The average molecular weight is 251 g/mol. The van der Waals surface area contributed by atoms with Crippen LogP contribution in [0.3, 0.4) is 0 Å². The molecule has 17 heavy (non-hydrogen) atoms. The first kappa shape index (κ1) is 13.1. The van der Waals surface area contributed by atoms with E-state index in [-0.39, 0.29) is 0 Å². The molecular formula is C15H25NS. The van der Waals surface area contributed by atoms with Crippen LogP contribution in [-0.2, 0) is 12.8 Å². The Kier molecular flexibility index (Phi) is 4.26. The molecule has 2 rings (SSSR count). The van der Waals surface area contributed by atoms with E-state index in [1.54, 1.807) is 4.88 Å². The van der Waals surface area contributed by atoms with Crippen LogP contribution in [0.2, 0.25) is 0 Å². The van der Waals surface area contributed by atoms with Gasteiger partial charge in [-0.25, -0.2) is 0 Å². The lowest BCUT2D eigenvalue weighted by Crippen LogP contribution is -2.28. The maximum atomic E-state index is 3.63. The van der Waals surface area contributed by atoms with Gasteiger partial charge in [0.25, 0.3) is 0 Å². The van der Waals surface area contributed by atoms with E-state index in [1.165, 1.54) is 37.1 Å². The lowest BCUT2D eigenvalue weighted by Gasteiger charge is -2.16. The van der Waals surface area contributed by atoms with Gasteiger partial charge in [-0.1, -0.05) is 20.8 Å². The first-order valence-corrected chi connectivity index (χ1v) is 7.73. The van der Waals surface area contributed by atoms with Crippen LogP contribution in [-0.4, -0.2) is 13.1 Å². The van der Waals surface area contributed by atoms with E-state index < -0.39 is 0 Å². The molecule has 1 aliphatic rings. The van der Waals surface area contributed by atoms with E-state index in [1.807, 2.05) is 11.3 Å². The fourth-order valence-corrected chi connectivity index (χ4v) is 3.43. The molecule has 0 atom stereocenters. The van der Waals surface area contributed by atoms with Gasteiger partial charge in [0, 0.05) is 16.3 Å². The Balaban J connectivity index is 1.81. The Labute approximate surface area is 110 Å². The van der Waals surface area contributed by atoms with E-state index in [4.69, 9.17) is 0 Å². The van der Waals surface area contributed by atoms with Gasteiger partial charge in [0.1, 0.15) is 0 Å². The molecular weight excluding hydrogens is 226 g/mol. The SMILES string of the molecule is CCc1ccc(CC2(CNCC(C)C)CC2)s1. The minimum absolute atomic E-state index is 0.602. The molecule has 0 aromatic carbocycles. The molecule has 0 unspecified atom stereocenters. The highest BCUT2D eigenvalue weighted by atomic mass is 32.1. The van der Waals surface area contributed by atoms with Crippen molar-refractivity contribution in [2.24, 2.45) is 11.3 Å². The van der Waals surface area contributed by atoms with Crippen LogP contribution < -0.4 is 5.32 Å². The van der Waals surface area contributed by atoms with Gasteiger partial charge >= 0.3 is 0 Å². The van der Waals surface area contributed by atoms with Crippen molar-refractivity contribution in [2.75, 3.05) is 13.1 Å².